The third-order valence-corrected chi connectivity index (χ3v) is 5.53. The molecule has 3 aromatic carbocycles. The number of carbonyl (C=O) groups excluding carboxylic acids is 1. The molecular weight excluding hydrogens is 332 g/mol. The Morgan fingerprint density at radius 1 is 0.926 bits per heavy atom. The second-order valence-corrected chi connectivity index (χ2v) is 7.46. The number of anilines is 3. The fourth-order valence-corrected chi connectivity index (χ4v) is 3.99. The largest absolute Gasteiger partial charge is 0.338 e. The molecule has 3 nitrogen and oxygen atoms in total. The lowest BCUT2D eigenvalue weighted by Gasteiger charge is -2.27. The minimum Gasteiger partial charge on any atom is -0.338 e. The van der Waals surface area contributed by atoms with Crippen molar-refractivity contribution in [2.75, 3.05) is 9.80 Å². The molecular formula is C24H22N2O. The lowest BCUT2D eigenvalue weighted by atomic mass is 10.1. The molecule has 2 aliphatic rings. The Labute approximate surface area is 159 Å². The number of carbonyl (C=O) groups is 1. The maximum Gasteiger partial charge on any atom is 0.258 e. The first-order valence-corrected chi connectivity index (χ1v) is 9.57. The van der Waals surface area contributed by atoms with E-state index in [-0.39, 0.29) is 5.91 Å². The third-order valence-electron chi connectivity index (χ3n) is 5.53. The van der Waals surface area contributed by atoms with E-state index >= 15 is 0 Å². The van der Waals surface area contributed by atoms with E-state index in [1.165, 1.54) is 29.8 Å². The van der Waals surface area contributed by atoms with Gasteiger partial charge < -0.3 is 9.80 Å². The highest BCUT2D eigenvalue weighted by Crippen LogP contribution is 2.41. The molecule has 3 heteroatoms. The fraction of sp³-hybridized carbons (Fsp3) is 0.208. The summed E-state index contributed by atoms with van der Waals surface area (Å²) in [4.78, 5) is 17.2. The van der Waals surface area contributed by atoms with Gasteiger partial charge in [0.1, 0.15) is 0 Å². The number of hydrogen-bond acceptors (Lipinski definition) is 2. The second kappa shape index (κ2) is 6.27. The highest BCUT2D eigenvalue weighted by Gasteiger charge is 2.33. The van der Waals surface area contributed by atoms with Crippen molar-refractivity contribution in [2.24, 2.45) is 0 Å². The normalized spacial score (nSPS) is 15.7. The van der Waals surface area contributed by atoms with Crippen LogP contribution >= 0.6 is 0 Å². The van der Waals surface area contributed by atoms with E-state index in [1.54, 1.807) is 0 Å². The van der Waals surface area contributed by atoms with Crippen molar-refractivity contribution in [3.8, 4) is 0 Å². The van der Waals surface area contributed by atoms with E-state index in [0.29, 0.717) is 12.6 Å². The molecule has 3 aromatic rings. The Morgan fingerprint density at radius 3 is 2.41 bits per heavy atom. The first kappa shape index (κ1) is 16.1. The minimum atomic E-state index is 0.0941. The van der Waals surface area contributed by atoms with Crippen molar-refractivity contribution in [1.82, 2.24) is 0 Å². The summed E-state index contributed by atoms with van der Waals surface area (Å²) in [5, 5.41) is 0. The zero-order valence-electron chi connectivity index (χ0n) is 15.4. The quantitative estimate of drug-likeness (QED) is 0.621. The Bertz CT molecular complexity index is 1010. The van der Waals surface area contributed by atoms with E-state index in [0.717, 1.165) is 16.8 Å². The van der Waals surface area contributed by atoms with Crippen LogP contribution in [0.4, 0.5) is 17.1 Å². The average Bonchev–Trinajstić information content (AvgIpc) is 3.48. The lowest BCUT2D eigenvalue weighted by Crippen LogP contribution is -2.22. The number of hydrogen-bond donors (Lipinski definition) is 0. The highest BCUT2D eigenvalue weighted by atomic mass is 16.2. The first-order chi connectivity index (χ1) is 13.2. The van der Waals surface area contributed by atoms with Gasteiger partial charge in [0.2, 0.25) is 0 Å². The van der Waals surface area contributed by atoms with Gasteiger partial charge in [0.25, 0.3) is 5.91 Å². The number of aryl methyl sites for hydroxylation is 1. The number of benzene rings is 3. The van der Waals surface area contributed by atoms with Gasteiger partial charge in [-0.05, 0) is 67.3 Å². The van der Waals surface area contributed by atoms with Crippen LogP contribution in [0.2, 0.25) is 0 Å². The average molecular weight is 354 g/mol. The van der Waals surface area contributed by atoms with E-state index in [1.807, 2.05) is 41.3 Å². The SMILES string of the molecule is Cc1ccccc1N(c1ccc2c(c1)CN(c1ccccc1)C2=O)C1CC1. The standard InChI is InChI=1S/C24H22N2O/c1-17-7-5-6-10-23(17)26(20-11-12-20)21-13-14-22-18(15-21)16-25(24(22)27)19-8-3-2-4-9-19/h2-10,13-15,20H,11-12,16H2,1H3. The van der Waals surface area contributed by atoms with Gasteiger partial charge >= 0.3 is 0 Å². The molecule has 1 fully saturated rings. The van der Waals surface area contributed by atoms with Crippen molar-refractivity contribution in [2.45, 2.75) is 32.4 Å². The first-order valence-electron chi connectivity index (χ1n) is 9.57. The smallest absolute Gasteiger partial charge is 0.258 e. The van der Waals surface area contributed by atoms with Gasteiger partial charge in [-0.15, -0.1) is 0 Å². The summed E-state index contributed by atoms with van der Waals surface area (Å²) in [7, 11) is 0. The predicted molar refractivity (Wildman–Crippen MR) is 110 cm³/mol. The van der Waals surface area contributed by atoms with Gasteiger partial charge in [0.15, 0.2) is 0 Å². The number of fused-ring (bicyclic) bond motifs is 1. The second-order valence-electron chi connectivity index (χ2n) is 7.46. The lowest BCUT2D eigenvalue weighted by molar-refractivity contribution is 0.0996. The topological polar surface area (TPSA) is 23.6 Å². The summed E-state index contributed by atoms with van der Waals surface area (Å²) >= 11 is 0. The molecule has 0 atom stereocenters. The minimum absolute atomic E-state index is 0.0941. The molecule has 0 radical (unpaired) electrons. The van der Waals surface area contributed by atoms with Gasteiger partial charge in [-0.3, -0.25) is 4.79 Å². The maximum atomic E-state index is 12.9. The predicted octanol–water partition coefficient (Wildman–Crippen LogP) is 5.46. The zero-order valence-corrected chi connectivity index (χ0v) is 15.4. The maximum absolute atomic E-state index is 12.9. The summed E-state index contributed by atoms with van der Waals surface area (Å²) < 4.78 is 0. The molecule has 0 spiro atoms. The number of amides is 1. The van der Waals surface area contributed by atoms with E-state index in [9.17, 15) is 4.79 Å². The molecule has 1 aliphatic carbocycles. The van der Waals surface area contributed by atoms with E-state index in [2.05, 4.69) is 48.2 Å². The van der Waals surface area contributed by atoms with Gasteiger partial charge in [-0.25, -0.2) is 0 Å². The van der Waals surface area contributed by atoms with Crippen molar-refractivity contribution in [3.05, 3.63) is 89.5 Å². The molecule has 0 bridgehead atoms. The van der Waals surface area contributed by atoms with Crippen LogP contribution < -0.4 is 9.80 Å². The molecule has 0 N–H and O–H groups in total. The van der Waals surface area contributed by atoms with Crippen molar-refractivity contribution in [3.63, 3.8) is 0 Å². The molecule has 1 heterocycles. The van der Waals surface area contributed by atoms with Gasteiger partial charge in [-0.2, -0.15) is 0 Å². The molecule has 1 saturated carbocycles. The monoisotopic (exact) mass is 354 g/mol. The number of nitrogens with zero attached hydrogens (tertiary/aromatic N) is 2. The molecule has 134 valence electrons. The Balaban J connectivity index is 1.52. The molecule has 0 unspecified atom stereocenters. The van der Waals surface area contributed by atoms with Gasteiger partial charge in [-0.1, -0.05) is 36.4 Å². The van der Waals surface area contributed by atoms with Crippen LogP contribution in [0.3, 0.4) is 0 Å². The van der Waals surface area contributed by atoms with Crippen molar-refractivity contribution in [1.29, 1.82) is 0 Å². The van der Waals surface area contributed by atoms with Crippen LogP contribution in [0.5, 0.6) is 0 Å². The Kier molecular flexibility index (Phi) is 3.75. The van der Waals surface area contributed by atoms with Gasteiger partial charge in [0, 0.05) is 28.7 Å². The van der Waals surface area contributed by atoms with E-state index in [4.69, 9.17) is 0 Å². The summed E-state index contributed by atoms with van der Waals surface area (Å²) in [6.45, 7) is 2.80. The molecule has 5 rings (SSSR count). The van der Waals surface area contributed by atoms with E-state index < -0.39 is 0 Å². The molecule has 0 saturated heterocycles. The Hall–Kier alpha value is -3.07. The summed E-state index contributed by atoms with van der Waals surface area (Å²) in [5.74, 6) is 0.0941. The van der Waals surface area contributed by atoms with Crippen LogP contribution in [0.15, 0.2) is 72.8 Å². The molecule has 0 aromatic heterocycles. The summed E-state index contributed by atoms with van der Waals surface area (Å²) in [6, 6.07) is 25.4. The van der Waals surface area contributed by atoms with Crippen LogP contribution in [-0.2, 0) is 6.54 Å². The number of para-hydroxylation sites is 2. The van der Waals surface area contributed by atoms with Gasteiger partial charge in [0.05, 0.1) is 6.54 Å². The molecule has 1 aliphatic heterocycles. The third kappa shape index (κ3) is 2.80. The fourth-order valence-electron chi connectivity index (χ4n) is 3.99. The molecule has 1 amide bonds. The van der Waals surface area contributed by atoms with Crippen LogP contribution in [0, 0.1) is 6.92 Å². The van der Waals surface area contributed by atoms with Crippen molar-refractivity contribution < 1.29 is 4.79 Å². The van der Waals surface area contributed by atoms with Crippen LogP contribution in [0.25, 0.3) is 0 Å². The van der Waals surface area contributed by atoms with Crippen molar-refractivity contribution >= 4 is 23.0 Å². The Morgan fingerprint density at radius 2 is 1.67 bits per heavy atom. The van der Waals surface area contributed by atoms with Crippen LogP contribution in [-0.4, -0.2) is 11.9 Å². The number of rotatable bonds is 4. The summed E-state index contributed by atoms with van der Waals surface area (Å²) in [6.07, 6.45) is 2.45. The summed E-state index contributed by atoms with van der Waals surface area (Å²) in [5.41, 5.74) is 6.63. The van der Waals surface area contributed by atoms with Crippen LogP contribution in [0.1, 0.15) is 34.3 Å². The highest BCUT2D eigenvalue weighted by molar-refractivity contribution is 6.10. The molecule has 27 heavy (non-hydrogen) atoms. The zero-order chi connectivity index (χ0) is 18.4.